The number of nitrogens with one attached hydrogen (secondary N) is 1. The molecule has 0 amide bonds. The van der Waals surface area contributed by atoms with Crippen LogP contribution in [-0.4, -0.2) is 16.7 Å². The second kappa shape index (κ2) is 6.39. The van der Waals surface area contributed by atoms with E-state index in [0.717, 1.165) is 11.6 Å². The molecule has 1 saturated carbocycles. The highest BCUT2D eigenvalue weighted by atomic mass is 35.5. The van der Waals surface area contributed by atoms with Gasteiger partial charge in [-0.1, -0.05) is 30.9 Å². The van der Waals surface area contributed by atoms with Crippen LogP contribution in [0.1, 0.15) is 38.1 Å². The molecule has 1 heterocycles. The third-order valence-electron chi connectivity index (χ3n) is 4.04. The van der Waals surface area contributed by atoms with Gasteiger partial charge in [0.15, 0.2) is 0 Å². The maximum atomic E-state index is 6.17. The summed E-state index contributed by atoms with van der Waals surface area (Å²) in [7, 11) is 1.62. The highest BCUT2D eigenvalue weighted by Crippen LogP contribution is 2.32. The van der Waals surface area contributed by atoms with Gasteiger partial charge in [0.25, 0.3) is 0 Å². The molecule has 1 aromatic heterocycles. The molecule has 0 spiro atoms. The van der Waals surface area contributed by atoms with E-state index in [1.54, 1.807) is 7.11 Å². The number of methoxy groups -OCH3 is 1. The monoisotopic (exact) mass is 305 g/mol. The van der Waals surface area contributed by atoms with Crippen LogP contribution in [0.15, 0.2) is 30.6 Å². The molecule has 0 radical (unpaired) electrons. The Hall–Kier alpha value is -1.68. The normalized spacial score (nSPS) is 15.9. The van der Waals surface area contributed by atoms with Crippen molar-refractivity contribution < 1.29 is 4.74 Å². The minimum atomic E-state index is 0.553. The zero-order valence-corrected chi connectivity index (χ0v) is 12.9. The highest BCUT2D eigenvalue weighted by molar-refractivity contribution is 6.32. The first-order valence-corrected chi connectivity index (χ1v) is 7.79. The van der Waals surface area contributed by atoms with Gasteiger partial charge in [-0.15, -0.1) is 0 Å². The minimum absolute atomic E-state index is 0.553. The van der Waals surface area contributed by atoms with E-state index in [9.17, 15) is 0 Å². The highest BCUT2D eigenvalue weighted by Gasteiger charge is 2.17. The van der Waals surface area contributed by atoms with Gasteiger partial charge in [-0.05, 0) is 31.0 Å². The second-order valence-corrected chi connectivity index (χ2v) is 5.83. The van der Waals surface area contributed by atoms with Crippen molar-refractivity contribution in [1.29, 1.82) is 0 Å². The summed E-state index contributed by atoms with van der Waals surface area (Å²) in [5, 5.41) is 3.95. The van der Waals surface area contributed by atoms with Gasteiger partial charge in [-0.25, -0.2) is 4.98 Å². The Morgan fingerprint density at radius 3 is 2.81 bits per heavy atom. The number of imidazole rings is 1. The maximum absolute atomic E-state index is 6.17. The number of hydrogen-bond acceptors (Lipinski definition) is 3. The van der Waals surface area contributed by atoms with Crippen LogP contribution in [0.4, 0.5) is 11.6 Å². The average molecular weight is 306 g/mol. The van der Waals surface area contributed by atoms with Gasteiger partial charge in [-0.3, -0.25) is 0 Å². The molecule has 0 aliphatic heterocycles. The predicted molar refractivity (Wildman–Crippen MR) is 85.6 cm³/mol. The van der Waals surface area contributed by atoms with Crippen LogP contribution >= 0.6 is 11.6 Å². The number of aromatic nitrogens is 2. The molecule has 3 rings (SSSR count). The Kier molecular flexibility index (Phi) is 4.34. The third kappa shape index (κ3) is 3.16. The van der Waals surface area contributed by atoms with Gasteiger partial charge >= 0.3 is 0 Å². The number of ether oxygens (including phenoxy) is 1. The minimum Gasteiger partial charge on any atom is -0.495 e. The average Bonchev–Trinajstić information content (AvgIpc) is 2.96. The largest absolute Gasteiger partial charge is 0.495 e. The van der Waals surface area contributed by atoms with Gasteiger partial charge in [-0.2, -0.15) is 0 Å². The molecule has 2 aromatic rings. The Balaban J connectivity index is 1.79. The van der Waals surface area contributed by atoms with Crippen LogP contribution in [0.2, 0.25) is 5.02 Å². The van der Waals surface area contributed by atoms with E-state index >= 15 is 0 Å². The van der Waals surface area contributed by atoms with Crippen LogP contribution in [0, 0.1) is 0 Å². The van der Waals surface area contributed by atoms with E-state index in [2.05, 4.69) is 21.1 Å². The number of rotatable bonds is 4. The molecule has 5 heteroatoms. The number of hydrogen-bond donors (Lipinski definition) is 1. The molecular formula is C16H20ClN3O. The lowest BCUT2D eigenvalue weighted by atomic mass is 9.95. The van der Waals surface area contributed by atoms with Gasteiger partial charge in [0.05, 0.1) is 12.1 Å². The van der Waals surface area contributed by atoms with Gasteiger partial charge in [0.1, 0.15) is 5.75 Å². The lowest BCUT2D eigenvalue weighted by Crippen LogP contribution is -2.14. The summed E-state index contributed by atoms with van der Waals surface area (Å²) in [6.45, 7) is 0. The summed E-state index contributed by atoms with van der Waals surface area (Å²) in [5.41, 5.74) is 0.920. The first-order valence-electron chi connectivity index (χ1n) is 7.41. The lowest BCUT2D eigenvalue weighted by molar-refractivity contribution is 0.356. The van der Waals surface area contributed by atoms with Crippen molar-refractivity contribution >= 4 is 23.2 Å². The SMILES string of the molecule is COc1ccc(Nc2nccn2C2CCCCC2)cc1Cl. The van der Waals surface area contributed by atoms with Gasteiger partial charge in [0, 0.05) is 24.1 Å². The van der Waals surface area contributed by atoms with E-state index in [-0.39, 0.29) is 0 Å². The molecule has 112 valence electrons. The summed E-state index contributed by atoms with van der Waals surface area (Å²) < 4.78 is 7.42. The zero-order valence-electron chi connectivity index (χ0n) is 12.2. The van der Waals surface area contributed by atoms with Crippen molar-refractivity contribution in [3.05, 3.63) is 35.6 Å². The molecular weight excluding hydrogens is 286 g/mol. The van der Waals surface area contributed by atoms with Crippen molar-refractivity contribution in [2.75, 3.05) is 12.4 Å². The van der Waals surface area contributed by atoms with Crippen LogP contribution in [0.3, 0.4) is 0 Å². The van der Waals surface area contributed by atoms with Crippen molar-refractivity contribution in [3.8, 4) is 5.75 Å². The second-order valence-electron chi connectivity index (χ2n) is 5.42. The smallest absolute Gasteiger partial charge is 0.207 e. The number of halogens is 1. The predicted octanol–water partition coefficient (Wildman–Crippen LogP) is 4.79. The van der Waals surface area contributed by atoms with E-state index in [1.807, 2.05) is 24.4 Å². The molecule has 1 N–H and O–H groups in total. The quantitative estimate of drug-likeness (QED) is 0.882. The van der Waals surface area contributed by atoms with Crippen molar-refractivity contribution in [2.45, 2.75) is 38.1 Å². The first-order chi connectivity index (χ1) is 10.3. The first kappa shape index (κ1) is 14.3. The van der Waals surface area contributed by atoms with Crippen LogP contribution < -0.4 is 10.1 Å². The van der Waals surface area contributed by atoms with Crippen LogP contribution in [0.25, 0.3) is 0 Å². The van der Waals surface area contributed by atoms with Crippen molar-refractivity contribution in [2.24, 2.45) is 0 Å². The fourth-order valence-corrected chi connectivity index (χ4v) is 3.19. The van der Waals surface area contributed by atoms with E-state index in [4.69, 9.17) is 16.3 Å². The summed E-state index contributed by atoms with van der Waals surface area (Å²) in [5.74, 6) is 1.56. The summed E-state index contributed by atoms with van der Waals surface area (Å²) >= 11 is 6.17. The zero-order chi connectivity index (χ0) is 14.7. The molecule has 1 aliphatic rings. The number of benzene rings is 1. The molecule has 0 bridgehead atoms. The number of anilines is 2. The van der Waals surface area contributed by atoms with Crippen molar-refractivity contribution in [3.63, 3.8) is 0 Å². The van der Waals surface area contributed by atoms with Crippen LogP contribution in [0.5, 0.6) is 5.75 Å². The molecule has 0 saturated heterocycles. The molecule has 0 atom stereocenters. The fourth-order valence-electron chi connectivity index (χ4n) is 2.94. The molecule has 4 nitrogen and oxygen atoms in total. The summed E-state index contributed by atoms with van der Waals surface area (Å²) in [6, 6.07) is 6.22. The molecule has 1 fully saturated rings. The fraction of sp³-hybridized carbons (Fsp3) is 0.438. The van der Waals surface area contributed by atoms with E-state index < -0.39 is 0 Å². The Labute approximate surface area is 130 Å². The molecule has 0 unspecified atom stereocenters. The molecule has 21 heavy (non-hydrogen) atoms. The van der Waals surface area contributed by atoms with Crippen LogP contribution in [-0.2, 0) is 0 Å². The Bertz CT molecular complexity index is 605. The number of nitrogens with zero attached hydrogens (tertiary/aromatic N) is 2. The van der Waals surface area contributed by atoms with Gasteiger partial charge < -0.3 is 14.6 Å². The lowest BCUT2D eigenvalue weighted by Gasteiger charge is -2.24. The Morgan fingerprint density at radius 1 is 1.29 bits per heavy atom. The Morgan fingerprint density at radius 2 is 2.10 bits per heavy atom. The van der Waals surface area contributed by atoms with E-state index in [1.165, 1.54) is 32.1 Å². The molecule has 1 aromatic carbocycles. The van der Waals surface area contributed by atoms with Gasteiger partial charge in [0.2, 0.25) is 5.95 Å². The standard InChI is InChI=1S/C16H20ClN3O/c1-21-15-8-7-12(11-14(15)17)19-16-18-9-10-20(16)13-5-3-2-4-6-13/h7-11,13H,2-6H2,1H3,(H,18,19). The van der Waals surface area contributed by atoms with E-state index in [0.29, 0.717) is 16.8 Å². The maximum Gasteiger partial charge on any atom is 0.207 e. The topological polar surface area (TPSA) is 39.1 Å². The third-order valence-corrected chi connectivity index (χ3v) is 4.34. The molecule has 1 aliphatic carbocycles. The summed E-state index contributed by atoms with van der Waals surface area (Å²) in [4.78, 5) is 4.44. The van der Waals surface area contributed by atoms with Crippen molar-refractivity contribution in [1.82, 2.24) is 9.55 Å². The summed E-state index contributed by atoms with van der Waals surface area (Å²) in [6.07, 6.45) is 10.3.